The molecule has 0 aliphatic heterocycles. The highest BCUT2D eigenvalue weighted by Crippen LogP contribution is 2.22. The number of nitrogen functional groups attached to an aromatic ring is 1. The van der Waals surface area contributed by atoms with E-state index in [-0.39, 0.29) is 27.8 Å². The molecule has 1 atom stereocenters. The van der Waals surface area contributed by atoms with Gasteiger partial charge in [-0.3, -0.25) is 4.21 Å². The van der Waals surface area contributed by atoms with Crippen molar-refractivity contribution in [1.82, 2.24) is 4.72 Å². The second-order valence-corrected chi connectivity index (χ2v) is 9.92. The molecule has 0 aliphatic carbocycles. The molecule has 0 spiro atoms. The molecule has 0 saturated heterocycles. The van der Waals surface area contributed by atoms with E-state index in [9.17, 15) is 21.0 Å². The maximum absolute atomic E-state index is 12.1. The van der Waals surface area contributed by atoms with Gasteiger partial charge in [0.2, 0.25) is 10.0 Å². The molecule has 120 valence electrons. The number of nitrogens with two attached hydrogens (primary N) is 1. The fraction of sp³-hybridized carbons (Fsp3) is 0.455. The summed E-state index contributed by atoms with van der Waals surface area (Å²) in [5.41, 5.74) is 5.55. The Balaban J connectivity index is 3.05. The van der Waals surface area contributed by atoms with Gasteiger partial charge in [0.25, 0.3) is 0 Å². The summed E-state index contributed by atoms with van der Waals surface area (Å²) in [5, 5.41) is 0. The highest BCUT2D eigenvalue weighted by Gasteiger charge is 2.20. The van der Waals surface area contributed by atoms with E-state index in [1.807, 2.05) is 0 Å². The van der Waals surface area contributed by atoms with Crippen molar-refractivity contribution in [2.45, 2.75) is 16.7 Å². The number of rotatable bonds is 7. The lowest BCUT2D eigenvalue weighted by Crippen LogP contribution is -2.29. The van der Waals surface area contributed by atoms with Crippen LogP contribution in [0.25, 0.3) is 0 Å². The van der Waals surface area contributed by atoms with Crippen molar-refractivity contribution < 1.29 is 21.0 Å². The molecule has 10 heteroatoms. The van der Waals surface area contributed by atoms with Gasteiger partial charge < -0.3 is 5.73 Å². The second-order valence-electron chi connectivity index (χ2n) is 4.30. The lowest BCUT2D eigenvalue weighted by Gasteiger charge is -2.10. The minimum atomic E-state index is -3.95. The Hall–Kier alpha value is -0.970. The van der Waals surface area contributed by atoms with E-state index < -0.39 is 30.7 Å². The maximum atomic E-state index is 12.1. The van der Waals surface area contributed by atoms with Gasteiger partial charge in [0, 0.05) is 35.1 Å². The molecule has 0 aliphatic rings. The van der Waals surface area contributed by atoms with Crippen LogP contribution in [-0.4, -0.2) is 45.4 Å². The van der Waals surface area contributed by atoms with Crippen molar-refractivity contribution in [3.05, 3.63) is 18.2 Å². The molecule has 0 amide bonds. The number of sulfone groups is 1. The first-order chi connectivity index (χ1) is 9.58. The summed E-state index contributed by atoms with van der Waals surface area (Å²) in [6.45, 7) is 1.73. The third-order valence-electron chi connectivity index (χ3n) is 2.65. The third-order valence-corrected chi connectivity index (χ3v) is 6.58. The summed E-state index contributed by atoms with van der Waals surface area (Å²) in [4.78, 5) is -0.429. The van der Waals surface area contributed by atoms with Gasteiger partial charge in [-0.15, -0.1) is 0 Å². The average molecular weight is 354 g/mol. The lowest BCUT2D eigenvalue weighted by molar-refractivity contribution is 0.584. The molecule has 7 nitrogen and oxygen atoms in total. The molecular weight excluding hydrogens is 336 g/mol. The molecule has 21 heavy (non-hydrogen) atoms. The lowest BCUT2D eigenvalue weighted by atomic mass is 10.3. The first-order valence-electron chi connectivity index (χ1n) is 6.02. The van der Waals surface area contributed by atoms with Crippen LogP contribution in [-0.2, 0) is 30.7 Å². The van der Waals surface area contributed by atoms with Crippen LogP contribution in [0.4, 0.5) is 5.69 Å². The molecule has 1 unspecified atom stereocenters. The molecule has 0 heterocycles. The van der Waals surface area contributed by atoms with Crippen molar-refractivity contribution >= 4 is 36.3 Å². The van der Waals surface area contributed by atoms with Crippen LogP contribution < -0.4 is 10.5 Å². The average Bonchev–Trinajstić information content (AvgIpc) is 2.37. The van der Waals surface area contributed by atoms with Crippen molar-refractivity contribution in [3.8, 4) is 0 Å². The van der Waals surface area contributed by atoms with Gasteiger partial charge >= 0.3 is 0 Å². The molecule has 0 radical (unpaired) electrons. The van der Waals surface area contributed by atoms with E-state index in [0.29, 0.717) is 5.75 Å². The number of anilines is 1. The fourth-order valence-electron chi connectivity index (χ4n) is 1.49. The highest BCUT2D eigenvalue weighted by atomic mass is 32.2. The number of nitrogens with one attached hydrogen (secondary N) is 1. The van der Waals surface area contributed by atoms with E-state index >= 15 is 0 Å². The number of benzene rings is 1. The predicted octanol–water partition coefficient (Wildman–Crippen LogP) is -0.281. The van der Waals surface area contributed by atoms with E-state index in [1.165, 1.54) is 12.1 Å². The van der Waals surface area contributed by atoms with Gasteiger partial charge in [-0.05, 0) is 18.2 Å². The van der Waals surface area contributed by atoms with Gasteiger partial charge in [0.15, 0.2) is 9.84 Å². The summed E-state index contributed by atoms with van der Waals surface area (Å²) in [6.07, 6.45) is 0.979. The van der Waals surface area contributed by atoms with Crippen LogP contribution in [0.3, 0.4) is 0 Å². The zero-order valence-corrected chi connectivity index (χ0v) is 14.1. The Labute approximate surface area is 127 Å². The zero-order chi connectivity index (χ0) is 16.3. The van der Waals surface area contributed by atoms with Crippen molar-refractivity contribution in [1.29, 1.82) is 0 Å². The van der Waals surface area contributed by atoms with E-state index in [0.717, 1.165) is 12.3 Å². The standard InChI is InChI=1S/C11H18N2O5S3/c1-3-19(14)7-6-13-21(17,18)11-8-9(20(2,15)16)4-5-10(11)12/h4-5,8,13H,3,6-7,12H2,1-2H3. The Kier molecular flexibility index (Phi) is 5.91. The summed E-state index contributed by atoms with van der Waals surface area (Å²) in [5.74, 6) is 0.620. The monoisotopic (exact) mass is 354 g/mol. The normalized spacial score (nSPS) is 14.0. The Bertz CT molecular complexity index is 741. The molecule has 0 fully saturated rings. The maximum Gasteiger partial charge on any atom is 0.242 e. The van der Waals surface area contributed by atoms with Gasteiger partial charge in [-0.25, -0.2) is 21.6 Å². The fourth-order valence-corrected chi connectivity index (χ4v) is 4.15. The van der Waals surface area contributed by atoms with E-state index in [2.05, 4.69) is 4.72 Å². The molecule has 0 bridgehead atoms. The number of hydrogen-bond acceptors (Lipinski definition) is 6. The van der Waals surface area contributed by atoms with E-state index in [1.54, 1.807) is 6.92 Å². The van der Waals surface area contributed by atoms with Crippen LogP contribution in [0.1, 0.15) is 6.92 Å². The summed E-state index contributed by atoms with van der Waals surface area (Å²) in [6, 6.07) is 3.49. The number of sulfonamides is 1. The van der Waals surface area contributed by atoms with Gasteiger partial charge in [-0.1, -0.05) is 6.92 Å². The minimum absolute atomic E-state index is 0.00860. The summed E-state index contributed by atoms with van der Waals surface area (Å²) < 4.78 is 60.7. The number of hydrogen-bond donors (Lipinski definition) is 2. The van der Waals surface area contributed by atoms with Crippen molar-refractivity contribution in [3.63, 3.8) is 0 Å². The molecule has 1 aromatic carbocycles. The molecular formula is C11H18N2O5S3. The largest absolute Gasteiger partial charge is 0.398 e. The summed E-state index contributed by atoms with van der Waals surface area (Å²) >= 11 is 0. The second kappa shape index (κ2) is 6.86. The smallest absolute Gasteiger partial charge is 0.242 e. The van der Waals surface area contributed by atoms with Gasteiger partial charge in [0.1, 0.15) is 4.90 Å². The summed E-state index contributed by atoms with van der Waals surface area (Å²) in [7, 11) is -8.58. The van der Waals surface area contributed by atoms with Crippen LogP contribution in [0.2, 0.25) is 0 Å². The first kappa shape index (κ1) is 18.1. The highest BCUT2D eigenvalue weighted by molar-refractivity contribution is 7.91. The zero-order valence-electron chi connectivity index (χ0n) is 11.7. The minimum Gasteiger partial charge on any atom is -0.398 e. The van der Waals surface area contributed by atoms with Crippen LogP contribution in [0, 0.1) is 0 Å². The molecule has 3 N–H and O–H groups in total. The van der Waals surface area contributed by atoms with Gasteiger partial charge in [-0.2, -0.15) is 0 Å². The quantitative estimate of drug-likeness (QED) is 0.649. The first-order valence-corrected chi connectivity index (χ1v) is 10.9. The molecule has 0 saturated carbocycles. The topological polar surface area (TPSA) is 123 Å². The van der Waals surface area contributed by atoms with E-state index in [4.69, 9.17) is 5.73 Å². The van der Waals surface area contributed by atoms with Crippen LogP contribution in [0.15, 0.2) is 28.0 Å². The Morgan fingerprint density at radius 3 is 2.38 bits per heavy atom. The van der Waals surface area contributed by atoms with Crippen LogP contribution >= 0.6 is 0 Å². The Morgan fingerprint density at radius 1 is 1.24 bits per heavy atom. The van der Waals surface area contributed by atoms with Crippen molar-refractivity contribution in [2.75, 3.05) is 30.0 Å². The third kappa shape index (κ3) is 5.06. The van der Waals surface area contributed by atoms with Crippen molar-refractivity contribution in [2.24, 2.45) is 0 Å². The molecule has 1 aromatic rings. The van der Waals surface area contributed by atoms with Crippen LogP contribution in [0.5, 0.6) is 0 Å². The molecule has 1 rings (SSSR count). The SMILES string of the molecule is CCS(=O)CCNS(=O)(=O)c1cc(S(C)(=O)=O)ccc1N. The van der Waals surface area contributed by atoms with Gasteiger partial charge in [0.05, 0.1) is 10.6 Å². The molecule has 0 aromatic heterocycles. The predicted molar refractivity (Wildman–Crippen MR) is 82.7 cm³/mol. The Morgan fingerprint density at radius 2 is 1.86 bits per heavy atom.